The Morgan fingerprint density at radius 3 is 2.83 bits per heavy atom. The molecule has 2 aliphatic heterocycles. The van der Waals surface area contributed by atoms with Gasteiger partial charge in [0.25, 0.3) is 0 Å². The van der Waals surface area contributed by atoms with Crippen molar-refractivity contribution < 1.29 is 19.1 Å². The second-order valence-electron chi connectivity index (χ2n) is 10.7. The number of nitrogens with one attached hydrogen (secondary N) is 1. The van der Waals surface area contributed by atoms with Crippen molar-refractivity contribution in [3.8, 4) is 11.5 Å². The summed E-state index contributed by atoms with van der Waals surface area (Å²) in [5.74, 6) is 1.93. The first-order valence-electron chi connectivity index (χ1n) is 14.2. The molecule has 3 heterocycles. The molecule has 2 amide bonds. The molecule has 8 heteroatoms. The minimum Gasteiger partial charge on any atom is -0.497 e. The Hall–Kier alpha value is -4.17. The molecule has 8 nitrogen and oxygen atoms in total. The summed E-state index contributed by atoms with van der Waals surface area (Å²) in [5.41, 5.74) is 2.95. The number of benzene rings is 2. The van der Waals surface area contributed by atoms with Crippen LogP contribution in [0.5, 0.6) is 11.5 Å². The fraction of sp³-hybridized carbons (Fsp3) is 0.364. The number of hydrogen-bond donors (Lipinski definition) is 1. The highest BCUT2D eigenvalue weighted by molar-refractivity contribution is 5.79. The Balaban J connectivity index is 1.31. The smallest absolute Gasteiger partial charge is 0.236 e. The third-order valence-corrected chi connectivity index (χ3v) is 7.78. The van der Waals surface area contributed by atoms with Gasteiger partial charge in [0, 0.05) is 44.4 Å². The first-order valence-corrected chi connectivity index (χ1v) is 14.2. The zero-order valence-corrected chi connectivity index (χ0v) is 23.6. The quantitative estimate of drug-likeness (QED) is 0.441. The monoisotopic (exact) mass is 554 g/mol. The summed E-state index contributed by atoms with van der Waals surface area (Å²) in [6.07, 6.45) is 7.07. The van der Waals surface area contributed by atoms with Crippen molar-refractivity contribution in [2.24, 2.45) is 11.8 Å². The molecule has 0 spiro atoms. The van der Waals surface area contributed by atoms with Crippen molar-refractivity contribution >= 4 is 11.8 Å². The predicted octanol–water partition coefficient (Wildman–Crippen LogP) is 4.21. The van der Waals surface area contributed by atoms with E-state index < -0.39 is 0 Å². The van der Waals surface area contributed by atoms with Gasteiger partial charge in [0.1, 0.15) is 18.1 Å². The third kappa shape index (κ3) is 7.95. The number of pyridine rings is 1. The van der Waals surface area contributed by atoms with E-state index in [1.165, 1.54) is 0 Å². The highest BCUT2D eigenvalue weighted by Gasteiger charge is 2.32. The van der Waals surface area contributed by atoms with E-state index in [0.29, 0.717) is 45.8 Å². The number of amides is 2. The number of carbonyl (C=O) groups is 2. The van der Waals surface area contributed by atoms with Gasteiger partial charge in [0.05, 0.1) is 25.9 Å². The van der Waals surface area contributed by atoms with E-state index in [2.05, 4.69) is 33.4 Å². The van der Waals surface area contributed by atoms with Crippen molar-refractivity contribution in [1.82, 2.24) is 20.1 Å². The minimum absolute atomic E-state index is 0.00591. The van der Waals surface area contributed by atoms with Crippen LogP contribution in [0.1, 0.15) is 29.7 Å². The van der Waals surface area contributed by atoms with Gasteiger partial charge in [-0.25, -0.2) is 0 Å². The van der Waals surface area contributed by atoms with Crippen LogP contribution in [0.25, 0.3) is 0 Å². The largest absolute Gasteiger partial charge is 0.497 e. The number of piperidine rings is 1. The molecule has 1 aromatic heterocycles. The van der Waals surface area contributed by atoms with E-state index in [1.807, 2.05) is 65.6 Å². The van der Waals surface area contributed by atoms with E-state index in [0.717, 1.165) is 34.7 Å². The maximum atomic E-state index is 13.7. The Bertz CT molecular complexity index is 1350. The molecule has 3 aromatic rings. The van der Waals surface area contributed by atoms with E-state index in [1.54, 1.807) is 13.3 Å². The highest BCUT2D eigenvalue weighted by atomic mass is 16.5. The average molecular weight is 555 g/mol. The van der Waals surface area contributed by atoms with Gasteiger partial charge in [-0.1, -0.05) is 48.6 Å². The topological polar surface area (TPSA) is 84.0 Å². The van der Waals surface area contributed by atoms with Gasteiger partial charge in [0.15, 0.2) is 0 Å². The first kappa shape index (κ1) is 28.4. The normalized spacial score (nSPS) is 19.6. The van der Waals surface area contributed by atoms with Crippen LogP contribution in [0.3, 0.4) is 0 Å². The van der Waals surface area contributed by atoms with Crippen molar-refractivity contribution in [2.75, 3.05) is 33.4 Å². The molecule has 1 fully saturated rings. The fourth-order valence-electron chi connectivity index (χ4n) is 5.60. The molecule has 2 aromatic carbocycles. The van der Waals surface area contributed by atoms with E-state index in [9.17, 15) is 9.59 Å². The summed E-state index contributed by atoms with van der Waals surface area (Å²) in [5, 5.41) is 3.01. The van der Waals surface area contributed by atoms with Crippen molar-refractivity contribution in [3.63, 3.8) is 0 Å². The fourth-order valence-corrected chi connectivity index (χ4v) is 5.60. The van der Waals surface area contributed by atoms with Gasteiger partial charge >= 0.3 is 0 Å². The Kier molecular flexibility index (Phi) is 9.65. The average Bonchev–Trinajstić information content (AvgIpc) is 3.00. The predicted molar refractivity (Wildman–Crippen MR) is 157 cm³/mol. The molecular formula is C33H38N4O4. The summed E-state index contributed by atoms with van der Waals surface area (Å²) >= 11 is 0. The van der Waals surface area contributed by atoms with Crippen LogP contribution in [0, 0.1) is 11.8 Å². The van der Waals surface area contributed by atoms with Crippen LogP contribution in [-0.4, -0.2) is 59.9 Å². The molecule has 1 saturated heterocycles. The lowest BCUT2D eigenvalue weighted by atomic mass is 9.82. The molecule has 0 aliphatic carbocycles. The van der Waals surface area contributed by atoms with E-state index >= 15 is 0 Å². The maximum Gasteiger partial charge on any atom is 0.236 e. The van der Waals surface area contributed by atoms with Gasteiger partial charge < -0.3 is 19.7 Å². The standard InChI is InChI=1S/C33H38N4O4/c1-40-30-12-6-8-25(18-30)21-36-22-28-9-2-3-13-31(28)41-17-7-10-27-23-37(33(39)24-36)16-14-26(27)19-32(38)35-20-29-11-4-5-15-34-29/h2-13,15,18,26-27H,14,16-17,19-24H2,1H3,(H,35,38)/t26-,27-/m0/s1. The molecule has 2 bridgehead atoms. The van der Waals surface area contributed by atoms with Gasteiger partial charge in [-0.2, -0.15) is 0 Å². The lowest BCUT2D eigenvalue weighted by molar-refractivity contribution is -0.135. The van der Waals surface area contributed by atoms with Gasteiger partial charge in [-0.15, -0.1) is 0 Å². The third-order valence-electron chi connectivity index (χ3n) is 7.78. The number of methoxy groups -OCH3 is 1. The molecule has 2 aliphatic rings. The number of rotatable bonds is 7. The molecule has 0 unspecified atom stereocenters. The van der Waals surface area contributed by atoms with Crippen LogP contribution in [0.2, 0.25) is 0 Å². The minimum atomic E-state index is 0.00591. The number of aromatic nitrogens is 1. The molecule has 2 atom stereocenters. The zero-order chi connectivity index (χ0) is 28.4. The van der Waals surface area contributed by atoms with Crippen LogP contribution in [0.4, 0.5) is 0 Å². The van der Waals surface area contributed by atoms with Crippen LogP contribution in [-0.2, 0) is 29.2 Å². The zero-order valence-electron chi connectivity index (χ0n) is 23.6. The Morgan fingerprint density at radius 1 is 1.10 bits per heavy atom. The Morgan fingerprint density at radius 2 is 1.98 bits per heavy atom. The summed E-state index contributed by atoms with van der Waals surface area (Å²) in [6.45, 7) is 3.54. The summed E-state index contributed by atoms with van der Waals surface area (Å²) < 4.78 is 11.6. The van der Waals surface area contributed by atoms with E-state index in [-0.39, 0.29) is 30.2 Å². The van der Waals surface area contributed by atoms with Gasteiger partial charge in [-0.3, -0.25) is 19.5 Å². The van der Waals surface area contributed by atoms with Crippen LogP contribution < -0.4 is 14.8 Å². The van der Waals surface area contributed by atoms with Crippen molar-refractivity contribution in [3.05, 3.63) is 102 Å². The lowest BCUT2D eigenvalue weighted by Crippen LogP contribution is -2.47. The molecule has 1 N–H and O–H groups in total. The maximum absolute atomic E-state index is 13.7. The van der Waals surface area contributed by atoms with E-state index in [4.69, 9.17) is 9.47 Å². The molecule has 5 rings (SSSR count). The van der Waals surface area contributed by atoms with Crippen molar-refractivity contribution in [1.29, 1.82) is 0 Å². The van der Waals surface area contributed by atoms with Gasteiger partial charge in [0.2, 0.25) is 11.8 Å². The summed E-state index contributed by atoms with van der Waals surface area (Å²) in [4.78, 5) is 34.9. The lowest BCUT2D eigenvalue weighted by Gasteiger charge is -2.38. The summed E-state index contributed by atoms with van der Waals surface area (Å²) in [7, 11) is 1.66. The van der Waals surface area contributed by atoms with Crippen molar-refractivity contribution in [2.45, 2.75) is 32.5 Å². The van der Waals surface area contributed by atoms with Crippen LogP contribution in [0.15, 0.2) is 85.1 Å². The molecule has 0 saturated carbocycles. The molecule has 0 radical (unpaired) electrons. The second-order valence-corrected chi connectivity index (χ2v) is 10.7. The number of carbonyl (C=O) groups excluding carboxylic acids is 2. The first-order chi connectivity index (χ1) is 20.1. The molecular weight excluding hydrogens is 516 g/mol. The van der Waals surface area contributed by atoms with Crippen LogP contribution >= 0.6 is 0 Å². The number of para-hydroxylation sites is 1. The number of hydrogen-bond acceptors (Lipinski definition) is 6. The number of nitrogens with zero attached hydrogens (tertiary/aromatic N) is 3. The number of ether oxygens (including phenoxy) is 2. The van der Waals surface area contributed by atoms with Gasteiger partial charge in [-0.05, 0) is 54.2 Å². The SMILES string of the molecule is COc1cccc(CN2CC(=O)N3CC[C@@H](CC(=O)NCc4ccccn4)[C@@H](C=CCOc4ccccc4C2)C3)c1. The molecule has 41 heavy (non-hydrogen) atoms. The highest BCUT2D eigenvalue weighted by Crippen LogP contribution is 2.29. The summed E-state index contributed by atoms with van der Waals surface area (Å²) in [6, 6.07) is 21.6. The Labute approximate surface area is 242 Å². The molecule has 214 valence electrons. The number of fused-ring (bicyclic) bond motifs is 3. The second kappa shape index (κ2) is 13.9.